The van der Waals surface area contributed by atoms with Crippen molar-refractivity contribution in [1.82, 2.24) is 15.9 Å². The van der Waals surface area contributed by atoms with Crippen LogP contribution in [0.2, 0.25) is 0 Å². The summed E-state index contributed by atoms with van der Waals surface area (Å²) in [6.45, 7) is 6.87. The molecule has 0 aromatic heterocycles. The van der Waals surface area contributed by atoms with E-state index in [1.54, 1.807) is 12.1 Å². The van der Waals surface area contributed by atoms with Gasteiger partial charge in [0.15, 0.2) is 5.84 Å². The van der Waals surface area contributed by atoms with Crippen molar-refractivity contribution in [2.75, 3.05) is 5.01 Å². The average molecular weight is 594 g/mol. The van der Waals surface area contributed by atoms with Gasteiger partial charge >= 0.3 is 5.69 Å². The molecule has 42 heavy (non-hydrogen) atoms. The molecule has 2 bridgehead atoms. The summed E-state index contributed by atoms with van der Waals surface area (Å²) in [6, 6.07) is 8.78. The molecule has 7 rings (SSSR count). The maximum Gasteiger partial charge on any atom is 0.301 e. The van der Waals surface area contributed by atoms with Crippen LogP contribution in [-0.2, 0) is 0 Å². The van der Waals surface area contributed by atoms with Gasteiger partial charge in [-0.05, 0) is 42.2 Å². The Morgan fingerprint density at radius 2 is 1.74 bits per heavy atom. The highest BCUT2D eigenvalue weighted by Gasteiger charge is 2.71. The summed E-state index contributed by atoms with van der Waals surface area (Å²) in [5.41, 5.74) is 6.06. The second kappa shape index (κ2) is 8.61. The molecular formula is C26H27N9O6S. The molecule has 0 amide bonds. The Morgan fingerprint density at radius 1 is 1.00 bits per heavy atom. The van der Waals surface area contributed by atoms with Crippen LogP contribution in [-0.4, -0.2) is 41.7 Å². The molecule has 3 heterocycles. The molecule has 1 spiro atoms. The van der Waals surface area contributed by atoms with E-state index in [1.165, 1.54) is 41.0 Å². The topological polar surface area (TPSA) is 185 Å². The third-order valence-corrected chi connectivity index (χ3v) is 11.5. The van der Waals surface area contributed by atoms with Crippen molar-refractivity contribution in [2.45, 2.75) is 57.0 Å². The lowest BCUT2D eigenvalue weighted by Crippen LogP contribution is -2.72. The zero-order chi connectivity index (χ0) is 29.8. The number of hydrogen-bond acceptors (Lipinski definition) is 13. The maximum absolute atomic E-state index is 12.1. The van der Waals surface area contributed by atoms with Crippen LogP contribution in [0, 0.1) is 47.1 Å². The Bertz CT molecular complexity index is 1650. The Kier molecular flexibility index (Phi) is 5.45. The number of non-ortho nitro benzene ring substituents is 2. The second-order valence-electron chi connectivity index (χ2n) is 12.2. The van der Waals surface area contributed by atoms with Gasteiger partial charge in [0.1, 0.15) is 16.6 Å². The van der Waals surface area contributed by atoms with E-state index in [0.717, 1.165) is 25.3 Å². The fraction of sp³-hybridized carbons (Fsp3) is 0.462. The van der Waals surface area contributed by atoms with Crippen LogP contribution in [0.25, 0.3) is 0 Å². The monoisotopic (exact) mass is 593 g/mol. The van der Waals surface area contributed by atoms with Crippen LogP contribution >= 0.6 is 11.8 Å². The van der Waals surface area contributed by atoms with Gasteiger partial charge in [-0.25, -0.2) is 10.0 Å². The van der Waals surface area contributed by atoms with E-state index < -0.39 is 43.1 Å². The SMILES string of the molecule is CC1(C)[C@@H]2CC[C@@]1(C)C1(C2)NN=C2SC3C(=NN(c4ccc([N+](=O)[O-])cc4[N+](=O)[O-])C3c3cccc([N+](=O)[O-])c3)N2N1. The maximum atomic E-state index is 12.1. The fourth-order valence-electron chi connectivity index (χ4n) is 7.55. The number of hydrazine groups is 1. The third kappa shape index (κ3) is 3.38. The summed E-state index contributed by atoms with van der Waals surface area (Å²) in [5, 5.41) is 48.3. The third-order valence-electron chi connectivity index (χ3n) is 10.3. The molecule has 5 atom stereocenters. The normalized spacial score (nSPS) is 31.8. The van der Waals surface area contributed by atoms with Crippen LogP contribution in [0.1, 0.15) is 51.6 Å². The van der Waals surface area contributed by atoms with Crippen molar-refractivity contribution in [3.05, 3.63) is 78.4 Å². The molecule has 3 aliphatic heterocycles. The van der Waals surface area contributed by atoms with Crippen LogP contribution in [0.5, 0.6) is 0 Å². The predicted molar refractivity (Wildman–Crippen MR) is 154 cm³/mol. The molecule has 3 fully saturated rings. The Labute approximate surface area is 243 Å². The molecule has 2 aromatic rings. The van der Waals surface area contributed by atoms with Gasteiger partial charge in [0.05, 0.1) is 26.9 Å². The van der Waals surface area contributed by atoms with E-state index in [2.05, 4.69) is 31.6 Å². The first-order valence-electron chi connectivity index (χ1n) is 13.5. The Morgan fingerprint density at radius 3 is 2.38 bits per heavy atom. The minimum absolute atomic E-state index is 0.0426. The Balaban J connectivity index is 1.35. The molecule has 1 saturated heterocycles. The fourth-order valence-corrected chi connectivity index (χ4v) is 8.78. The largest absolute Gasteiger partial charge is 0.301 e. The van der Waals surface area contributed by atoms with Crippen LogP contribution in [0.4, 0.5) is 22.7 Å². The molecule has 2 N–H and O–H groups in total. The van der Waals surface area contributed by atoms with Crippen LogP contribution in [0.3, 0.4) is 0 Å². The number of nitrogens with one attached hydrogen (secondary N) is 2. The van der Waals surface area contributed by atoms with Gasteiger partial charge in [0, 0.05) is 23.6 Å². The Hall–Kier alpha value is -4.31. The van der Waals surface area contributed by atoms with E-state index in [-0.39, 0.29) is 22.2 Å². The molecule has 2 saturated carbocycles. The van der Waals surface area contributed by atoms with Gasteiger partial charge in [0.25, 0.3) is 11.4 Å². The van der Waals surface area contributed by atoms with E-state index >= 15 is 0 Å². The van der Waals surface area contributed by atoms with Crippen molar-refractivity contribution in [1.29, 1.82) is 0 Å². The number of hydrogen-bond donors (Lipinski definition) is 2. The minimum atomic E-state index is -0.705. The number of rotatable bonds is 5. The van der Waals surface area contributed by atoms with Crippen molar-refractivity contribution in [3.63, 3.8) is 0 Å². The molecule has 5 aliphatic rings. The summed E-state index contributed by atoms with van der Waals surface area (Å²) in [7, 11) is 0. The highest BCUT2D eigenvalue weighted by atomic mass is 32.2. The first-order chi connectivity index (χ1) is 19.9. The number of hydrazone groups is 2. The predicted octanol–water partition coefficient (Wildman–Crippen LogP) is 4.62. The van der Waals surface area contributed by atoms with Gasteiger partial charge in [-0.3, -0.25) is 35.8 Å². The highest BCUT2D eigenvalue weighted by molar-refractivity contribution is 8.15. The van der Waals surface area contributed by atoms with E-state index in [0.29, 0.717) is 22.5 Å². The summed E-state index contributed by atoms with van der Waals surface area (Å²) in [6.07, 6.45) is 3.01. The molecule has 218 valence electrons. The first kappa shape index (κ1) is 26.6. The number of amidine groups is 2. The van der Waals surface area contributed by atoms with Gasteiger partial charge in [-0.2, -0.15) is 15.6 Å². The average Bonchev–Trinajstić information content (AvgIpc) is 3.60. The summed E-state index contributed by atoms with van der Waals surface area (Å²) in [4.78, 5) is 33.3. The number of nitro benzene ring substituents is 3. The number of benzene rings is 2. The van der Waals surface area contributed by atoms with Gasteiger partial charge in [0.2, 0.25) is 5.17 Å². The van der Waals surface area contributed by atoms with E-state index in [4.69, 9.17) is 10.2 Å². The van der Waals surface area contributed by atoms with Crippen molar-refractivity contribution in [2.24, 2.45) is 27.0 Å². The quantitative estimate of drug-likeness (QED) is 0.364. The summed E-state index contributed by atoms with van der Waals surface area (Å²) >= 11 is 1.39. The molecule has 2 aromatic carbocycles. The molecule has 15 nitrogen and oxygen atoms in total. The van der Waals surface area contributed by atoms with Crippen molar-refractivity contribution >= 4 is 45.5 Å². The first-order valence-corrected chi connectivity index (χ1v) is 14.4. The van der Waals surface area contributed by atoms with Gasteiger partial charge in [-0.1, -0.05) is 44.7 Å². The van der Waals surface area contributed by atoms with Crippen LogP contribution in [0.15, 0.2) is 52.7 Å². The summed E-state index contributed by atoms with van der Waals surface area (Å²) in [5.74, 6) is 1.04. The number of nitro groups is 3. The van der Waals surface area contributed by atoms with Gasteiger partial charge in [-0.15, -0.1) is 0 Å². The van der Waals surface area contributed by atoms with E-state index in [1.807, 2.05) is 5.01 Å². The highest BCUT2D eigenvalue weighted by Crippen LogP contribution is 2.69. The van der Waals surface area contributed by atoms with Crippen molar-refractivity contribution in [3.8, 4) is 0 Å². The smallest absolute Gasteiger partial charge is 0.285 e. The number of fused-ring (bicyclic) bond motifs is 6. The van der Waals surface area contributed by atoms with E-state index in [9.17, 15) is 30.3 Å². The van der Waals surface area contributed by atoms with Crippen LogP contribution < -0.4 is 15.9 Å². The minimum Gasteiger partial charge on any atom is -0.285 e. The lowest BCUT2D eigenvalue weighted by molar-refractivity contribution is -0.393. The second-order valence-corrected chi connectivity index (χ2v) is 13.3. The molecular weight excluding hydrogens is 566 g/mol. The molecule has 16 heteroatoms. The van der Waals surface area contributed by atoms with Gasteiger partial charge < -0.3 is 0 Å². The lowest BCUT2D eigenvalue weighted by Gasteiger charge is -2.51. The standard InChI is InChI=1S/C26H27N9O6S/c1-24(2)15-9-10-25(24,3)26(13-15)29-27-23-32(30-26)22-21(42-23)20(14-5-4-6-16(11-14)33(36)37)31(28-22)18-8-7-17(34(38)39)12-19(18)35(40)41/h4-8,11-12,15,20-21,29-30H,9-10,13H2,1-3H3/t15-,20?,21?,25-,26?/m1/s1. The summed E-state index contributed by atoms with van der Waals surface area (Å²) < 4.78 is 0. The zero-order valence-corrected chi connectivity index (χ0v) is 23.7. The van der Waals surface area contributed by atoms with Crippen molar-refractivity contribution < 1.29 is 14.8 Å². The molecule has 0 radical (unpaired) electrons. The lowest BCUT2D eigenvalue weighted by atomic mass is 9.66. The number of nitrogens with zero attached hydrogens (tertiary/aromatic N) is 7. The molecule has 3 unspecified atom stereocenters. The number of anilines is 1. The number of thioether (sulfide) groups is 1. The zero-order valence-electron chi connectivity index (χ0n) is 22.9. The molecule has 2 aliphatic carbocycles.